The van der Waals surface area contributed by atoms with Gasteiger partial charge >= 0.3 is 0 Å². The zero-order chi connectivity index (χ0) is 16.4. The summed E-state index contributed by atoms with van der Waals surface area (Å²) in [6.45, 7) is 21.0. The van der Waals surface area contributed by atoms with Gasteiger partial charge in [-0.2, -0.15) is 0 Å². The van der Waals surface area contributed by atoms with Crippen LogP contribution < -0.4 is 0 Å². The van der Waals surface area contributed by atoms with Gasteiger partial charge in [0.25, 0.3) is 0 Å². The number of unbranched alkanes of at least 4 members (excludes halogenated alkanes) is 3. The molecule has 0 amide bonds. The van der Waals surface area contributed by atoms with Gasteiger partial charge in [-0.25, -0.2) is 0 Å². The van der Waals surface area contributed by atoms with E-state index in [2.05, 4.69) is 27.0 Å². The molecule has 0 unspecified atom stereocenters. The number of allylic oxidation sites excluding steroid dienone is 3. The van der Waals surface area contributed by atoms with Crippen LogP contribution in [0.1, 0.15) is 80.6 Å². The lowest BCUT2D eigenvalue weighted by molar-refractivity contribution is 0.470. The Kier molecular flexibility index (Phi) is 110. The molecule has 0 aromatic carbocycles. The number of aliphatic hydroxyl groups excluding tert-OH is 1. The fourth-order valence-electron chi connectivity index (χ4n) is 0.587. The number of rotatable bonds is 5. The Balaban J connectivity index is -0.0000000504. The molecule has 0 aromatic heterocycles. The molecule has 0 spiro atoms. The van der Waals surface area contributed by atoms with Crippen molar-refractivity contribution >= 4 is 0 Å². The molecule has 0 saturated carbocycles. The van der Waals surface area contributed by atoms with Crippen molar-refractivity contribution in [3.05, 3.63) is 37.6 Å². The molecule has 1 nitrogen and oxygen atoms in total. The summed E-state index contributed by atoms with van der Waals surface area (Å²) in [5, 5.41) is 8.19. The number of hydrogen-bond acceptors (Lipinski definition) is 1. The van der Waals surface area contributed by atoms with Crippen LogP contribution in [0.5, 0.6) is 0 Å². The molecule has 19 heavy (non-hydrogen) atoms. The fraction of sp³-hybridized carbons (Fsp3) is 0.667. The van der Waals surface area contributed by atoms with Crippen molar-refractivity contribution in [3.63, 3.8) is 0 Å². The summed E-state index contributed by atoms with van der Waals surface area (Å²) >= 11 is 0. The van der Waals surface area contributed by atoms with Gasteiger partial charge in [0.1, 0.15) is 0 Å². The highest BCUT2D eigenvalue weighted by Gasteiger charge is 1.79. The van der Waals surface area contributed by atoms with Crippen LogP contribution >= 0.6 is 0 Å². The SMILES string of the molecule is C=CC.C=CCC.CC.CC.CCCCC/C=C/O. The van der Waals surface area contributed by atoms with Crippen LogP contribution in [-0.4, -0.2) is 5.11 Å². The molecule has 0 aliphatic carbocycles. The minimum absolute atomic E-state index is 1.02. The van der Waals surface area contributed by atoms with Crippen molar-refractivity contribution in [2.24, 2.45) is 0 Å². The Morgan fingerprint density at radius 2 is 1.32 bits per heavy atom. The van der Waals surface area contributed by atoms with E-state index in [0.29, 0.717) is 0 Å². The van der Waals surface area contributed by atoms with Gasteiger partial charge in [0.15, 0.2) is 0 Å². The molecule has 0 saturated heterocycles. The highest BCUT2D eigenvalue weighted by atomic mass is 16.2. The van der Waals surface area contributed by atoms with Crippen LogP contribution in [0.3, 0.4) is 0 Å². The molecule has 0 bridgehead atoms. The summed E-state index contributed by atoms with van der Waals surface area (Å²) in [4.78, 5) is 0. The van der Waals surface area contributed by atoms with E-state index in [1.807, 2.05) is 40.7 Å². The lowest BCUT2D eigenvalue weighted by atomic mass is 10.2. The van der Waals surface area contributed by atoms with Gasteiger partial charge in [-0.05, 0) is 26.2 Å². The van der Waals surface area contributed by atoms with Gasteiger partial charge in [-0.15, -0.1) is 13.2 Å². The standard InChI is InChI=1S/C7H14O.C4H8.C3H6.2C2H6/c1-2-3-4-5-6-7-8;1-3-4-2;1-3-2;2*1-2/h6-8H,2-5H2,1H3;3H,1,4H2,2H3;3H,1H2,2H3;2*1-2H3/b7-6+;;;;. The predicted octanol–water partition coefficient (Wildman–Crippen LogP) is 7.47. The third-order valence-electron chi connectivity index (χ3n) is 1.37. The van der Waals surface area contributed by atoms with E-state index < -0.39 is 0 Å². The normalized spacial score (nSPS) is 7.11. The minimum atomic E-state index is 1.02. The molecular weight excluding hydrogens is 232 g/mol. The molecule has 0 rings (SSSR count). The van der Waals surface area contributed by atoms with Crippen molar-refractivity contribution in [2.45, 2.75) is 80.6 Å². The first kappa shape index (κ1) is 30.8. The monoisotopic (exact) mass is 272 g/mol. The third-order valence-corrected chi connectivity index (χ3v) is 1.37. The van der Waals surface area contributed by atoms with E-state index in [1.165, 1.54) is 19.3 Å². The summed E-state index contributed by atoms with van der Waals surface area (Å²) in [6, 6.07) is 0. The summed E-state index contributed by atoms with van der Waals surface area (Å²) in [5.41, 5.74) is 0. The molecule has 0 aromatic rings. The van der Waals surface area contributed by atoms with E-state index in [1.54, 1.807) is 12.2 Å². The maximum absolute atomic E-state index is 8.19. The summed E-state index contributed by atoms with van der Waals surface area (Å²) in [7, 11) is 0. The van der Waals surface area contributed by atoms with E-state index in [4.69, 9.17) is 5.11 Å². The average molecular weight is 273 g/mol. The minimum Gasteiger partial charge on any atom is -0.516 e. The van der Waals surface area contributed by atoms with Crippen molar-refractivity contribution in [1.29, 1.82) is 0 Å². The molecule has 118 valence electrons. The van der Waals surface area contributed by atoms with Gasteiger partial charge in [0, 0.05) is 0 Å². The first-order valence-electron chi connectivity index (χ1n) is 7.72. The quantitative estimate of drug-likeness (QED) is 0.313. The molecular formula is C18H40O. The maximum atomic E-state index is 8.19. The van der Waals surface area contributed by atoms with Crippen LogP contribution in [0.25, 0.3) is 0 Å². The van der Waals surface area contributed by atoms with Crippen LogP contribution in [0.2, 0.25) is 0 Å². The van der Waals surface area contributed by atoms with Gasteiger partial charge in [-0.3, -0.25) is 0 Å². The second-order valence-electron chi connectivity index (χ2n) is 2.99. The van der Waals surface area contributed by atoms with Gasteiger partial charge in [0.2, 0.25) is 0 Å². The maximum Gasteiger partial charge on any atom is 0.0751 e. The van der Waals surface area contributed by atoms with Crippen molar-refractivity contribution < 1.29 is 5.11 Å². The molecule has 0 atom stereocenters. The number of hydrogen-bond donors (Lipinski definition) is 1. The van der Waals surface area contributed by atoms with E-state index >= 15 is 0 Å². The number of aliphatic hydroxyl groups is 1. The van der Waals surface area contributed by atoms with Crippen LogP contribution in [-0.2, 0) is 0 Å². The Labute approximate surface area is 124 Å². The highest BCUT2D eigenvalue weighted by molar-refractivity contribution is 4.70. The van der Waals surface area contributed by atoms with Crippen LogP contribution in [0.15, 0.2) is 37.6 Å². The van der Waals surface area contributed by atoms with E-state index in [-0.39, 0.29) is 0 Å². The Morgan fingerprint density at radius 1 is 0.947 bits per heavy atom. The lowest BCUT2D eigenvalue weighted by Gasteiger charge is -1.88. The topological polar surface area (TPSA) is 20.2 Å². The van der Waals surface area contributed by atoms with Gasteiger partial charge in [0.05, 0.1) is 6.26 Å². The highest BCUT2D eigenvalue weighted by Crippen LogP contribution is 1.98. The van der Waals surface area contributed by atoms with Gasteiger partial charge in [-0.1, -0.05) is 72.6 Å². The zero-order valence-corrected chi connectivity index (χ0v) is 14.7. The van der Waals surface area contributed by atoms with Crippen molar-refractivity contribution in [1.82, 2.24) is 0 Å². The first-order chi connectivity index (χ1) is 9.24. The average Bonchev–Trinajstić information content (AvgIpc) is 2.49. The zero-order valence-electron chi connectivity index (χ0n) is 14.7. The second-order valence-corrected chi connectivity index (χ2v) is 2.99. The smallest absolute Gasteiger partial charge is 0.0751 e. The molecule has 1 N–H and O–H groups in total. The summed E-state index contributed by atoms with van der Waals surface area (Å²) in [6.07, 6.45) is 12.4. The van der Waals surface area contributed by atoms with Crippen LogP contribution in [0.4, 0.5) is 0 Å². The first-order valence-corrected chi connectivity index (χ1v) is 7.72. The van der Waals surface area contributed by atoms with Crippen LogP contribution in [0, 0.1) is 0 Å². The molecule has 0 aliphatic heterocycles. The molecule has 0 radical (unpaired) electrons. The lowest BCUT2D eigenvalue weighted by Crippen LogP contribution is -1.69. The molecule has 0 fully saturated rings. The summed E-state index contributed by atoms with van der Waals surface area (Å²) in [5.74, 6) is 0. The largest absolute Gasteiger partial charge is 0.516 e. The van der Waals surface area contributed by atoms with Gasteiger partial charge < -0.3 is 5.11 Å². The Morgan fingerprint density at radius 3 is 1.53 bits per heavy atom. The summed E-state index contributed by atoms with van der Waals surface area (Å²) < 4.78 is 0. The predicted molar refractivity (Wildman–Crippen MR) is 95.0 cm³/mol. The molecule has 0 aliphatic rings. The third kappa shape index (κ3) is 152. The Hall–Kier alpha value is -0.980. The fourth-order valence-corrected chi connectivity index (χ4v) is 0.587. The second kappa shape index (κ2) is 67.9. The van der Waals surface area contributed by atoms with Crippen molar-refractivity contribution in [3.8, 4) is 0 Å². The molecule has 0 heterocycles. The van der Waals surface area contributed by atoms with E-state index in [0.717, 1.165) is 19.1 Å². The van der Waals surface area contributed by atoms with E-state index in [9.17, 15) is 0 Å². The molecule has 1 heteroatoms. The Bertz CT molecular complexity index is 126. The van der Waals surface area contributed by atoms with Crippen molar-refractivity contribution in [2.75, 3.05) is 0 Å².